The van der Waals surface area contributed by atoms with Crippen molar-refractivity contribution in [1.82, 2.24) is 25.1 Å². The Balaban J connectivity index is 1.07. The van der Waals surface area contributed by atoms with Gasteiger partial charge in [-0.05, 0) is 37.3 Å². The Hall–Kier alpha value is -3.20. The van der Waals surface area contributed by atoms with Gasteiger partial charge in [0, 0.05) is 67.5 Å². The van der Waals surface area contributed by atoms with E-state index in [4.69, 9.17) is 0 Å². The van der Waals surface area contributed by atoms with Crippen molar-refractivity contribution in [2.45, 2.75) is 44.4 Å². The van der Waals surface area contributed by atoms with Crippen LogP contribution in [0.3, 0.4) is 0 Å². The van der Waals surface area contributed by atoms with E-state index in [-0.39, 0.29) is 23.6 Å². The molecule has 4 heterocycles. The van der Waals surface area contributed by atoms with Gasteiger partial charge in [0.2, 0.25) is 11.8 Å². The highest BCUT2D eigenvalue weighted by molar-refractivity contribution is 7.09. The number of aromatic amines is 1. The minimum Gasteiger partial charge on any atom is -0.361 e. The van der Waals surface area contributed by atoms with Crippen LogP contribution < -0.4 is 5.32 Å². The van der Waals surface area contributed by atoms with Crippen LogP contribution in [0.4, 0.5) is 0 Å². The topological polar surface area (TPSA) is 98.4 Å². The minimum atomic E-state index is -0.161. The van der Waals surface area contributed by atoms with Crippen molar-refractivity contribution in [2.75, 3.05) is 32.7 Å². The summed E-state index contributed by atoms with van der Waals surface area (Å²) in [5.74, 6) is 0.487. The average Bonchev–Trinajstić information content (AvgIpc) is 3.63. The van der Waals surface area contributed by atoms with Crippen molar-refractivity contribution < 1.29 is 14.4 Å². The molecule has 184 valence electrons. The van der Waals surface area contributed by atoms with Gasteiger partial charge in [-0.15, -0.1) is 11.3 Å². The molecule has 8 nitrogen and oxygen atoms in total. The average molecular weight is 494 g/mol. The number of nitrogens with one attached hydrogen (secondary N) is 2. The van der Waals surface area contributed by atoms with E-state index in [1.54, 1.807) is 0 Å². The number of hydrogen-bond donors (Lipinski definition) is 2. The van der Waals surface area contributed by atoms with Gasteiger partial charge in [0.25, 0.3) is 5.91 Å². The fourth-order valence-electron chi connectivity index (χ4n) is 5.01. The molecule has 0 unspecified atom stereocenters. The zero-order chi connectivity index (χ0) is 24.2. The number of hydrogen-bond acceptors (Lipinski definition) is 5. The summed E-state index contributed by atoms with van der Waals surface area (Å²) in [6.07, 6.45) is 6.39. The lowest BCUT2D eigenvalue weighted by Crippen LogP contribution is -2.38. The number of amides is 3. The Kier molecular flexibility index (Phi) is 7.13. The Morgan fingerprint density at radius 3 is 2.80 bits per heavy atom. The summed E-state index contributed by atoms with van der Waals surface area (Å²) in [4.78, 5) is 48.7. The molecule has 1 aromatic carbocycles. The van der Waals surface area contributed by atoms with Crippen LogP contribution in [0, 0.1) is 0 Å². The van der Waals surface area contributed by atoms with Gasteiger partial charge in [-0.1, -0.05) is 18.2 Å². The number of aromatic nitrogens is 2. The van der Waals surface area contributed by atoms with Crippen LogP contribution in [0.5, 0.6) is 0 Å². The fraction of sp³-hybridized carbons (Fsp3) is 0.462. The SMILES string of the molecule is O=C(NCCCN1CCCC1=O)c1csc(C2CCN(C(=O)Cc3c[nH]c4ccccc34)CC2)n1. The maximum Gasteiger partial charge on any atom is 0.270 e. The lowest BCUT2D eigenvalue weighted by Gasteiger charge is -2.31. The largest absolute Gasteiger partial charge is 0.361 e. The number of carbonyl (C=O) groups excluding carboxylic acids is 3. The van der Waals surface area contributed by atoms with Gasteiger partial charge in [-0.3, -0.25) is 14.4 Å². The summed E-state index contributed by atoms with van der Waals surface area (Å²) in [5, 5.41) is 6.82. The van der Waals surface area contributed by atoms with E-state index in [2.05, 4.69) is 15.3 Å². The predicted molar refractivity (Wildman–Crippen MR) is 135 cm³/mol. The van der Waals surface area contributed by atoms with Crippen LogP contribution in [-0.2, 0) is 16.0 Å². The van der Waals surface area contributed by atoms with E-state index in [0.29, 0.717) is 44.7 Å². The Labute approximate surface area is 208 Å². The highest BCUT2D eigenvalue weighted by Crippen LogP contribution is 2.31. The number of H-pyrrole nitrogens is 1. The third kappa shape index (κ3) is 5.40. The summed E-state index contributed by atoms with van der Waals surface area (Å²) in [5.41, 5.74) is 2.55. The number of rotatable bonds is 8. The Morgan fingerprint density at radius 2 is 2.00 bits per heavy atom. The second-order valence-electron chi connectivity index (χ2n) is 9.36. The van der Waals surface area contributed by atoms with Gasteiger partial charge in [-0.25, -0.2) is 4.98 Å². The van der Waals surface area contributed by atoms with Crippen LogP contribution in [0.2, 0.25) is 0 Å². The molecule has 5 rings (SSSR count). The zero-order valence-electron chi connectivity index (χ0n) is 19.8. The minimum absolute atomic E-state index is 0.156. The van der Waals surface area contributed by atoms with Crippen molar-refractivity contribution in [3.63, 3.8) is 0 Å². The first kappa shape index (κ1) is 23.5. The molecular weight excluding hydrogens is 462 g/mol. The first-order chi connectivity index (χ1) is 17.1. The van der Waals surface area contributed by atoms with Gasteiger partial charge >= 0.3 is 0 Å². The molecule has 0 aliphatic carbocycles. The molecule has 0 bridgehead atoms. The molecule has 0 radical (unpaired) electrons. The first-order valence-corrected chi connectivity index (χ1v) is 13.3. The highest BCUT2D eigenvalue weighted by Gasteiger charge is 2.27. The zero-order valence-corrected chi connectivity index (χ0v) is 20.6. The van der Waals surface area contributed by atoms with Crippen molar-refractivity contribution in [1.29, 1.82) is 0 Å². The van der Waals surface area contributed by atoms with E-state index < -0.39 is 0 Å². The maximum absolute atomic E-state index is 12.9. The van der Waals surface area contributed by atoms with Gasteiger partial charge in [0.15, 0.2) is 0 Å². The normalized spacial score (nSPS) is 16.9. The number of nitrogens with zero attached hydrogens (tertiary/aromatic N) is 3. The van der Waals surface area contributed by atoms with Crippen LogP contribution in [0.15, 0.2) is 35.8 Å². The van der Waals surface area contributed by atoms with Crippen LogP contribution >= 0.6 is 11.3 Å². The molecule has 35 heavy (non-hydrogen) atoms. The molecule has 2 aliphatic heterocycles. The second-order valence-corrected chi connectivity index (χ2v) is 10.2. The Morgan fingerprint density at radius 1 is 1.17 bits per heavy atom. The number of piperidine rings is 1. The number of thiazole rings is 1. The monoisotopic (exact) mass is 493 g/mol. The van der Waals surface area contributed by atoms with Gasteiger partial charge in [0.1, 0.15) is 5.69 Å². The number of fused-ring (bicyclic) bond motifs is 1. The van der Waals surface area contributed by atoms with Crippen LogP contribution in [-0.4, -0.2) is 70.2 Å². The molecule has 9 heteroatoms. The quantitative estimate of drug-likeness (QED) is 0.471. The van der Waals surface area contributed by atoms with Gasteiger partial charge in [-0.2, -0.15) is 0 Å². The van der Waals surface area contributed by atoms with Crippen LogP contribution in [0.1, 0.15) is 59.1 Å². The van der Waals surface area contributed by atoms with Crippen LogP contribution in [0.25, 0.3) is 10.9 Å². The summed E-state index contributed by atoms with van der Waals surface area (Å²) < 4.78 is 0. The van der Waals surface area contributed by atoms with E-state index in [1.807, 2.05) is 45.6 Å². The van der Waals surface area contributed by atoms with E-state index in [0.717, 1.165) is 53.7 Å². The second kappa shape index (κ2) is 10.6. The number of para-hydroxylation sites is 1. The fourth-order valence-corrected chi connectivity index (χ4v) is 5.98. The standard InChI is InChI=1S/C26H31N5O3S/c32-23-7-3-11-30(23)12-4-10-27-25(34)22-17-35-26(29-22)18-8-13-31(14-9-18)24(33)15-19-16-28-21-6-2-1-5-20(19)21/h1-2,5-6,16-18,28H,3-4,7-15H2,(H,27,34). The molecule has 2 N–H and O–H groups in total. The number of carbonyl (C=O) groups is 3. The lowest BCUT2D eigenvalue weighted by atomic mass is 9.97. The van der Waals surface area contributed by atoms with Crippen molar-refractivity contribution >= 4 is 40.0 Å². The Bertz CT molecular complexity index is 1210. The molecule has 2 aromatic heterocycles. The summed E-state index contributed by atoms with van der Waals surface area (Å²) in [7, 11) is 0. The third-order valence-corrected chi connectivity index (χ3v) is 8.04. The molecule has 0 atom stereocenters. The molecule has 0 saturated carbocycles. The molecule has 2 aliphatic rings. The van der Waals surface area contributed by atoms with Crippen molar-refractivity contribution in [2.24, 2.45) is 0 Å². The van der Waals surface area contributed by atoms with Crippen molar-refractivity contribution in [3.8, 4) is 0 Å². The smallest absolute Gasteiger partial charge is 0.270 e. The summed E-state index contributed by atoms with van der Waals surface area (Å²) >= 11 is 1.53. The maximum atomic E-state index is 12.9. The predicted octanol–water partition coefficient (Wildman–Crippen LogP) is 3.32. The lowest BCUT2D eigenvalue weighted by molar-refractivity contribution is -0.131. The van der Waals surface area contributed by atoms with Gasteiger partial charge in [0.05, 0.1) is 11.4 Å². The molecule has 0 spiro atoms. The molecule has 2 fully saturated rings. The number of likely N-dealkylation sites (tertiary alicyclic amines) is 2. The number of benzene rings is 1. The third-order valence-electron chi connectivity index (χ3n) is 7.03. The summed E-state index contributed by atoms with van der Waals surface area (Å²) in [6.45, 7) is 3.48. The van der Waals surface area contributed by atoms with E-state index >= 15 is 0 Å². The van der Waals surface area contributed by atoms with Crippen molar-refractivity contribution in [3.05, 3.63) is 52.1 Å². The van der Waals surface area contributed by atoms with Gasteiger partial charge < -0.3 is 20.1 Å². The summed E-state index contributed by atoms with van der Waals surface area (Å²) in [6, 6.07) is 8.05. The first-order valence-electron chi connectivity index (χ1n) is 12.4. The highest BCUT2D eigenvalue weighted by atomic mass is 32.1. The van der Waals surface area contributed by atoms with E-state index in [9.17, 15) is 14.4 Å². The van der Waals surface area contributed by atoms with E-state index in [1.165, 1.54) is 11.3 Å². The molecule has 3 amide bonds. The molecule has 2 saturated heterocycles. The molecular formula is C26H31N5O3S. The molecule has 3 aromatic rings.